The van der Waals surface area contributed by atoms with Crippen molar-refractivity contribution < 1.29 is 4.39 Å². The lowest BCUT2D eigenvalue weighted by atomic mass is 9.76. The number of nitrogens with zero attached hydrogens (tertiary/aromatic N) is 1. The number of thiazole rings is 1. The van der Waals surface area contributed by atoms with Crippen LogP contribution < -0.4 is 5.32 Å². The van der Waals surface area contributed by atoms with E-state index in [4.69, 9.17) is 4.98 Å². The fourth-order valence-corrected chi connectivity index (χ4v) is 4.29. The Balaban J connectivity index is 2.06. The van der Waals surface area contributed by atoms with E-state index in [-0.39, 0.29) is 11.2 Å². The molecule has 1 aliphatic rings. The van der Waals surface area contributed by atoms with E-state index >= 15 is 0 Å². The second kappa shape index (κ2) is 5.18. The normalized spacial score (nSPS) is 20.3. The summed E-state index contributed by atoms with van der Waals surface area (Å²) in [7, 11) is 1.99. The Kier molecular flexibility index (Phi) is 3.62. The van der Waals surface area contributed by atoms with Crippen molar-refractivity contribution in [2.75, 3.05) is 7.05 Å². The van der Waals surface area contributed by atoms with Gasteiger partial charge >= 0.3 is 0 Å². The van der Waals surface area contributed by atoms with Crippen molar-refractivity contribution in [1.29, 1.82) is 0 Å². The average Bonchev–Trinajstić information content (AvgIpc) is 2.79. The number of aryl methyl sites for hydroxylation is 1. The van der Waals surface area contributed by atoms with Crippen molar-refractivity contribution >= 4 is 11.3 Å². The molecule has 0 fully saturated rings. The summed E-state index contributed by atoms with van der Waals surface area (Å²) in [5.74, 6) is -0.179. The van der Waals surface area contributed by atoms with Crippen LogP contribution in [0.25, 0.3) is 10.6 Å². The lowest BCUT2D eigenvalue weighted by molar-refractivity contribution is 0.265. The van der Waals surface area contributed by atoms with Gasteiger partial charge in [0.25, 0.3) is 0 Å². The van der Waals surface area contributed by atoms with Gasteiger partial charge in [-0.3, -0.25) is 0 Å². The summed E-state index contributed by atoms with van der Waals surface area (Å²) >= 11 is 1.63. The molecule has 0 saturated heterocycles. The van der Waals surface area contributed by atoms with E-state index in [9.17, 15) is 4.39 Å². The molecule has 112 valence electrons. The van der Waals surface area contributed by atoms with Crippen molar-refractivity contribution in [2.45, 2.75) is 39.7 Å². The number of nitrogens with one attached hydrogen (secondary N) is 1. The summed E-state index contributed by atoms with van der Waals surface area (Å²) in [5, 5.41) is 4.18. The zero-order valence-electron chi connectivity index (χ0n) is 13.0. The molecule has 1 aliphatic carbocycles. The number of halogens is 1. The predicted octanol–water partition coefficient (Wildman–Crippen LogP) is 4.49. The molecule has 1 aromatic carbocycles. The number of hydrogen-bond acceptors (Lipinski definition) is 3. The third-order valence-corrected chi connectivity index (χ3v) is 5.39. The van der Waals surface area contributed by atoms with Crippen LogP contribution in [0.15, 0.2) is 18.2 Å². The van der Waals surface area contributed by atoms with E-state index in [0.29, 0.717) is 11.6 Å². The van der Waals surface area contributed by atoms with Gasteiger partial charge < -0.3 is 5.32 Å². The largest absolute Gasteiger partial charge is 0.312 e. The van der Waals surface area contributed by atoms with Gasteiger partial charge in [-0.05, 0) is 49.9 Å². The van der Waals surface area contributed by atoms with E-state index in [1.54, 1.807) is 17.4 Å². The summed E-state index contributed by atoms with van der Waals surface area (Å²) in [6.45, 7) is 6.44. The maximum absolute atomic E-state index is 14.2. The van der Waals surface area contributed by atoms with Crippen LogP contribution in [0, 0.1) is 18.2 Å². The smallest absolute Gasteiger partial charge is 0.133 e. The molecule has 0 amide bonds. The zero-order valence-corrected chi connectivity index (χ0v) is 13.8. The molecule has 0 bridgehead atoms. The Bertz CT molecular complexity index is 675. The number of fused-ring (bicyclic) bond motifs is 1. The lowest BCUT2D eigenvalue weighted by Gasteiger charge is -2.34. The zero-order chi connectivity index (χ0) is 15.2. The molecule has 1 atom stereocenters. The number of aromatic nitrogens is 1. The minimum absolute atomic E-state index is 0.179. The van der Waals surface area contributed by atoms with Crippen LogP contribution in [0.3, 0.4) is 0 Å². The molecular weight excluding hydrogens is 283 g/mol. The van der Waals surface area contributed by atoms with Crippen molar-refractivity contribution in [2.24, 2.45) is 5.41 Å². The maximum atomic E-state index is 14.2. The summed E-state index contributed by atoms with van der Waals surface area (Å²) in [5.41, 5.74) is 2.92. The number of hydrogen-bond donors (Lipinski definition) is 1. The Morgan fingerprint density at radius 1 is 1.38 bits per heavy atom. The Morgan fingerprint density at radius 3 is 2.81 bits per heavy atom. The summed E-state index contributed by atoms with van der Waals surface area (Å²) < 4.78 is 14.2. The van der Waals surface area contributed by atoms with E-state index in [2.05, 4.69) is 19.2 Å². The second-order valence-electron chi connectivity index (χ2n) is 6.70. The van der Waals surface area contributed by atoms with Gasteiger partial charge in [0.15, 0.2) is 0 Å². The van der Waals surface area contributed by atoms with Gasteiger partial charge in [-0.1, -0.05) is 19.9 Å². The highest BCUT2D eigenvalue weighted by Crippen LogP contribution is 2.44. The SMILES string of the molecule is CNC1CC(C)(C)Cc2nc(-c3ccc(C)cc3F)sc21. The van der Waals surface area contributed by atoms with E-state index in [1.165, 1.54) is 4.88 Å². The Labute approximate surface area is 129 Å². The molecule has 1 N–H and O–H groups in total. The highest BCUT2D eigenvalue weighted by Gasteiger charge is 2.34. The predicted molar refractivity (Wildman–Crippen MR) is 86.1 cm³/mol. The summed E-state index contributed by atoms with van der Waals surface area (Å²) in [4.78, 5) is 6.01. The first-order chi connectivity index (χ1) is 9.89. The third-order valence-electron chi connectivity index (χ3n) is 4.15. The van der Waals surface area contributed by atoms with Gasteiger partial charge in [-0.2, -0.15) is 0 Å². The highest BCUT2D eigenvalue weighted by molar-refractivity contribution is 7.15. The molecule has 2 aromatic rings. The first-order valence-electron chi connectivity index (χ1n) is 7.33. The quantitative estimate of drug-likeness (QED) is 0.884. The van der Waals surface area contributed by atoms with Gasteiger partial charge in [0.2, 0.25) is 0 Å². The first-order valence-corrected chi connectivity index (χ1v) is 8.15. The molecule has 1 heterocycles. The van der Waals surface area contributed by atoms with Gasteiger partial charge in [0.05, 0.1) is 5.69 Å². The molecule has 2 nitrogen and oxygen atoms in total. The topological polar surface area (TPSA) is 24.9 Å². The van der Waals surface area contributed by atoms with Crippen LogP contribution >= 0.6 is 11.3 Å². The molecule has 0 aliphatic heterocycles. The fourth-order valence-electron chi connectivity index (χ4n) is 3.08. The minimum Gasteiger partial charge on any atom is -0.312 e. The van der Waals surface area contributed by atoms with Crippen LogP contribution in [-0.2, 0) is 6.42 Å². The molecular formula is C17H21FN2S. The van der Waals surface area contributed by atoms with E-state index in [0.717, 1.165) is 29.1 Å². The van der Waals surface area contributed by atoms with Gasteiger partial charge in [0, 0.05) is 16.5 Å². The molecule has 21 heavy (non-hydrogen) atoms. The third kappa shape index (κ3) is 2.74. The molecule has 1 aromatic heterocycles. The van der Waals surface area contributed by atoms with Crippen molar-refractivity contribution in [1.82, 2.24) is 10.3 Å². The maximum Gasteiger partial charge on any atom is 0.133 e. The summed E-state index contributed by atoms with van der Waals surface area (Å²) in [6.07, 6.45) is 2.05. The van der Waals surface area contributed by atoms with E-state index in [1.807, 2.05) is 26.1 Å². The van der Waals surface area contributed by atoms with Gasteiger partial charge in [-0.25, -0.2) is 9.37 Å². The average molecular weight is 304 g/mol. The molecule has 4 heteroatoms. The van der Waals surface area contributed by atoms with Crippen molar-refractivity contribution in [3.05, 3.63) is 40.2 Å². The monoisotopic (exact) mass is 304 g/mol. The first kappa shape index (κ1) is 14.7. The highest BCUT2D eigenvalue weighted by atomic mass is 32.1. The molecule has 0 radical (unpaired) electrons. The Morgan fingerprint density at radius 2 is 2.14 bits per heavy atom. The molecule has 1 unspecified atom stereocenters. The van der Waals surface area contributed by atoms with Crippen LogP contribution in [-0.4, -0.2) is 12.0 Å². The Hall–Kier alpha value is -1.26. The minimum atomic E-state index is -0.179. The van der Waals surface area contributed by atoms with Crippen LogP contribution in [0.1, 0.15) is 42.4 Å². The molecule has 3 rings (SSSR count). The van der Waals surface area contributed by atoms with Crippen LogP contribution in [0.5, 0.6) is 0 Å². The molecule has 0 saturated carbocycles. The molecule has 0 spiro atoms. The second-order valence-corrected chi connectivity index (χ2v) is 7.73. The van der Waals surface area contributed by atoms with Crippen LogP contribution in [0.4, 0.5) is 4.39 Å². The van der Waals surface area contributed by atoms with Crippen molar-refractivity contribution in [3.63, 3.8) is 0 Å². The fraction of sp³-hybridized carbons (Fsp3) is 0.471. The van der Waals surface area contributed by atoms with E-state index < -0.39 is 0 Å². The standard InChI is InChI=1S/C17H21FN2S/c1-10-5-6-11(12(18)7-10)16-20-14-9-17(2,3)8-13(19-4)15(14)21-16/h5-7,13,19H,8-9H2,1-4H3. The van der Waals surface area contributed by atoms with Gasteiger partial charge in [0.1, 0.15) is 10.8 Å². The number of rotatable bonds is 2. The number of benzene rings is 1. The summed E-state index contributed by atoms with van der Waals surface area (Å²) in [6, 6.07) is 5.69. The van der Waals surface area contributed by atoms with Crippen LogP contribution in [0.2, 0.25) is 0 Å². The lowest BCUT2D eigenvalue weighted by Crippen LogP contribution is -2.30. The van der Waals surface area contributed by atoms with Gasteiger partial charge in [-0.15, -0.1) is 11.3 Å². The van der Waals surface area contributed by atoms with Crippen molar-refractivity contribution in [3.8, 4) is 10.6 Å².